The van der Waals surface area contributed by atoms with E-state index in [1.165, 1.54) is 6.26 Å². The van der Waals surface area contributed by atoms with Gasteiger partial charge < -0.3 is 9.80 Å². The summed E-state index contributed by atoms with van der Waals surface area (Å²) in [6, 6.07) is 2.09. The number of aryl methyl sites for hydroxylation is 1. The predicted octanol–water partition coefficient (Wildman–Crippen LogP) is 0.540. The number of nitrogens with zero attached hydrogens (tertiary/aromatic N) is 4. The molecule has 4 atom stereocenters. The molecule has 8 nitrogen and oxygen atoms in total. The highest BCUT2D eigenvalue weighted by Gasteiger charge is 2.49. The highest BCUT2D eigenvalue weighted by Crippen LogP contribution is 2.42. The van der Waals surface area contributed by atoms with E-state index in [2.05, 4.69) is 19.6 Å². The summed E-state index contributed by atoms with van der Waals surface area (Å²) in [6.45, 7) is 3.90. The highest BCUT2D eigenvalue weighted by atomic mass is 32.2. The fourth-order valence-corrected chi connectivity index (χ4v) is 5.55. The molecule has 27 heavy (non-hydrogen) atoms. The first-order chi connectivity index (χ1) is 12.8. The smallest absolute Gasteiger partial charge is 0.223 e. The molecule has 4 heterocycles. The molecule has 148 valence electrons. The molecule has 1 aromatic rings. The van der Waals surface area contributed by atoms with Crippen LogP contribution in [0.1, 0.15) is 31.4 Å². The van der Waals surface area contributed by atoms with E-state index in [4.69, 9.17) is 0 Å². The lowest BCUT2D eigenvalue weighted by Gasteiger charge is -2.56. The maximum atomic E-state index is 12.7. The first-order valence-corrected chi connectivity index (χ1v) is 11.5. The lowest BCUT2D eigenvalue weighted by molar-refractivity contribution is -0.148. The molecule has 0 spiro atoms. The second kappa shape index (κ2) is 7.01. The van der Waals surface area contributed by atoms with Crippen LogP contribution in [0.2, 0.25) is 0 Å². The molecule has 0 saturated carbocycles. The van der Waals surface area contributed by atoms with Crippen LogP contribution in [0.4, 0.5) is 5.82 Å². The van der Waals surface area contributed by atoms with Gasteiger partial charge in [-0.05, 0) is 38.0 Å². The molecule has 0 aromatic carbocycles. The summed E-state index contributed by atoms with van der Waals surface area (Å²) < 4.78 is 26.0. The van der Waals surface area contributed by atoms with E-state index in [1.54, 1.807) is 6.33 Å². The van der Waals surface area contributed by atoms with Crippen LogP contribution in [0.5, 0.6) is 0 Å². The van der Waals surface area contributed by atoms with Crippen LogP contribution in [0.15, 0.2) is 12.4 Å². The number of sulfonamides is 1. The van der Waals surface area contributed by atoms with Crippen molar-refractivity contribution in [2.24, 2.45) is 11.8 Å². The van der Waals surface area contributed by atoms with Crippen LogP contribution >= 0.6 is 0 Å². The number of anilines is 1. The minimum atomic E-state index is -3.30. The van der Waals surface area contributed by atoms with E-state index in [-0.39, 0.29) is 30.5 Å². The van der Waals surface area contributed by atoms with E-state index >= 15 is 0 Å². The molecule has 3 fully saturated rings. The number of carbonyl (C=O) groups is 1. The summed E-state index contributed by atoms with van der Waals surface area (Å²) >= 11 is 0. The Morgan fingerprint density at radius 3 is 2.78 bits per heavy atom. The topological polar surface area (TPSA) is 95.5 Å². The maximum absolute atomic E-state index is 12.7. The summed E-state index contributed by atoms with van der Waals surface area (Å²) in [7, 11) is -3.30. The van der Waals surface area contributed by atoms with Gasteiger partial charge in [-0.3, -0.25) is 4.79 Å². The molecule has 2 bridgehead atoms. The van der Waals surface area contributed by atoms with Crippen molar-refractivity contribution in [3.63, 3.8) is 0 Å². The molecule has 1 amide bonds. The van der Waals surface area contributed by atoms with E-state index in [9.17, 15) is 13.2 Å². The van der Waals surface area contributed by atoms with Gasteiger partial charge in [0.05, 0.1) is 12.3 Å². The van der Waals surface area contributed by atoms with Gasteiger partial charge >= 0.3 is 0 Å². The largest absolute Gasteiger partial charge is 0.356 e. The Morgan fingerprint density at radius 2 is 2.04 bits per heavy atom. The molecule has 1 N–H and O–H groups in total. The minimum absolute atomic E-state index is 0.0977. The summed E-state index contributed by atoms with van der Waals surface area (Å²) in [6.07, 6.45) is 6.28. The van der Waals surface area contributed by atoms with Gasteiger partial charge in [-0.25, -0.2) is 23.1 Å². The monoisotopic (exact) mass is 393 g/mol. The van der Waals surface area contributed by atoms with Crippen molar-refractivity contribution in [2.45, 2.75) is 44.7 Å². The molecule has 3 aliphatic heterocycles. The molecule has 0 radical (unpaired) electrons. The van der Waals surface area contributed by atoms with Gasteiger partial charge in [0, 0.05) is 43.9 Å². The Balaban J connectivity index is 1.62. The summed E-state index contributed by atoms with van der Waals surface area (Å²) in [4.78, 5) is 25.6. The van der Waals surface area contributed by atoms with Crippen molar-refractivity contribution in [3.8, 4) is 0 Å². The third-order valence-electron chi connectivity index (χ3n) is 6.16. The highest BCUT2D eigenvalue weighted by molar-refractivity contribution is 7.88. The lowest BCUT2D eigenvalue weighted by atomic mass is 9.72. The van der Waals surface area contributed by atoms with Crippen molar-refractivity contribution in [3.05, 3.63) is 18.1 Å². The normalized spacial score (nSPS) is 31.0. The van der Waals surface area contributed by atoms with Gasteiger partial charge in [-0.1, -0.05) is 0 Å². The molecular formula is C18H27N5O3S. The third kappa shape index (κ3) is 3.80. The van der Waals surface area contributed by atoms with Crippen LogP contribution in [-0.2, 0) is 14.8 Å². The number of hydrogen-bond acceptors (Lipinski definition) is 6. The van der Waals surface area contributed by atoms with Crippen LogP contribution < -0.4 is 9.62 Å². The third-order valence-corrected chi connectivity index (χ3v) is 6.86. The van der Waals surface area contributed by atoms with Gasteiger partial charge in [-0.15, -0.1) is 0 Å². The average Bonchev–Trinajstić information content (AvgIpc) is 2.61. The van der Waals surface area contributed by atoms with Crippen LogP contribution in [0, 0.1) is 18.8 Å². The molecule has 3 saturated heterocycles. The number of carbonyl (C=O) groups excluding carboxylic acids is 1. The van der Waals surface area contributed by atoms with Crippen molar-refractivity contribution in [2.75, 3.05) is 30.8 Å². The summed E-state index contributed by atoms with van der Waals surface area (Å²) in [5, 5.41) is 0. The van der Waals surface area contributed by atoms with Crippen molar-refractivity contribution >= 4 is 21.7 Å². The number of fused-ring (bicyclic) bond motifs is 4. The molecular weight excluding hydrogens is 366 g/mol. The Morgan fingerprint density at radius 1 is 1.26 bits per heavy atom. The zero-order valence-electron chi connectivity index (χ0n) is 15.8. The van der Waals surface area contributed by atoms with Gasteiger partial charge in [-0.2, -0.15) is 0 Å². The van der Waals surface area contributed by atoms with Gasteiger partial charge in [0.15, 0.2) is 0 Å². The first kappa shape index (κ1) is 18.6. The van der Waals surface area contributed by atoms with Gasteiger partial charge in [0.1, 0.15) is 12.1 Å². The molecule has 0 unspecified atom stereocenters. The SMILES string of the molecule is Cc1cc(N2C[C@H]3C[C@@H](C2)[C@H](CNS(C)(=O)=O)N2C(=O)CCC[C@@H]32)ncn1. The van der Waals surface area contributed by atoms with Gasteiger partial charge in [0.2, 0.25) is 15.9 Å². The maximum Gasteiger partial charge on any atom is 0.223 e. The number of amides is 1. The van der Waals surface area contributed by atoms with Crippen molar-refractivity contribution in [1.82, 2.24) is 19.6 Å². The lowest BCUT2D eigenvalue weighted by Crippen LogP contribution is -2.67. The van der Waals surface area contributed by atoms with E-state index in [0.29, 0.717) is 12.3 Å². The van der Waals surface area contributed by atoms with Crippen molar-refractivity contribution < 1.29 is 13.2 Å². The standard InChI is InChI=1S/C18H27N5O3S/c1-12-6-17(20-11-19-12)22-9-13-7-14(10-22)16(8-21-27(2,25)26)23-15(13)4-3-5-18(23)24/h6,11,13-16,21H,3-5,7-10H2,1-2H3/t13-,14+,15+,16+/m1/s1. The fraction of sp³-hybridized carbons (Fsp3) is 0.722. The van der Waals surface area contributed by atoms with E-state index in [0.717, 1.165) is 43.9 Å². The fourth-order valence-electron chi connectivity index (χ4n) is 5.07. The first-order valence-electron chi connectivity index (χ1n) is 9.61. The van der Waals surface area contributed by atoms with Crippen LogP contribution in [0.25, 0.3) is 0 Å². The summed E-state index contributed by atoms with van der Waals surface area (Å²) in [5.41, 5.74) is 0.931. The number of rotatable bonds is 4. The zero-order valence-corrected chi connectivity index (χ0v) is 16.7. The Hall–Kier alpha value is -1.74. The Kier molecular flexibility index (Phi) is 4.84. The second-order valence-electron chi connectivity index (χ2n) is 8.13. The molecule has 3 aliphatic rings. The van der Waals surface area contributed by atoms with E-state index < -0.39 is 10.0 Å². The Bertz CT molecular complexity index is 830. The predicted molar refractivity (Wildman–Crippen MR) is 102 cm³/mol. The van der Waals surface area contributed by atoms with Crippen LogP contribution in [0.3, 0.4) is 0 Å². The van der Waals surface area contributed by atoms with E-state index in [1.807, 2.05) is 17.9 Å². The molecule has 0 aliphatic carbocycles. The summed E-state index contributed by atoms with van der Waals surface area (Å²) in [5.74, 6) is 1.72. The zero-order chi connectivity index (χ0) is 19.2. The second-order valence-corrected chi connectivity index (χ2v) is 9.96. The minimum Gasteiger partial charge on any atom is -0.356 e. The number of nitrogens with one attached hydrogen (secondary N) is 1. The van der Waals surface area contributed by atoms with Gasteiger partial charge in [0.25, 0.3) is 0 Å². The Labute approximate surface area is 160 Å². The van der Waals surface area contributed by atoms with Crippen molar-refractivity contribution in [1.29, 1.82) is 0 Å². The molecule has 1 aromatic heterocycles. The number of hydrogen-bond donors (Lipinski definition) is 1. The quantitative estimate of drug-likeness (QED) is 0.802. The number of aromatic nitrogens is 2. The average molecular weight is 394 g/mol. The molecule has 4 rings (SSSR count). The molecule has 9 heteroatoms. The van der Waals surface area contributed by atoms with Crippen LogP contribution in [-0.4, -0.2) is 67.2 Å². The number of piperidine rings is 3.